The molecule has 2 aliphatic heterocycles. The summed E-state index contributed by atoms with van der Waals surface area (Å²) in [5.74, 6) is 0.677. The molecule has 0 amide bonds. The normalized spacial score (nSPS) is 17.6. The van der Waals surface area contributed by atoms with E-state index in [1.165, 1.54) is 4.57 Å². The maximum absolute atomic E-state index is 14.0. The average Bonchev–Trinajstić information content (AvgIpc) is 3.25. The van der Waals surface area contributed by atoms with E-state index in [1.54, 1.807) is 31.2 Å². The van der Waals surface area contributed by atoms with Gasteiger partial charge in [-0.15, -0.1) is 0 Å². The number of hydrogen-bond acceptors (Lipinski definition) is 9. The van der Waals surface area contributed by atoms with Crippen LogP contribution < -0.4 is 9.80 Å². The monoisotopic (exact) mass is 472 g/mol. The third kappa shape index (κ3) is 4.55. The fourth-order valence-corrected chi connectivity index (χ4v) is 4.31. The number of rotatable bonds is 6. The lowest BCUT2D eigenvalue weighted by molar-refractivity contribution is -0.118. The number of nitrogens with zero attached hydrogens (tertiary/aromatic N) is 8. The second kappa shape index (κ2) is 9.55. The van der Waals surface area contributed by atoms with Crippen molar-refractivity contribution in [2.45, 2.75) is 13.3 Å². The zero-order valence-electron chi connectivity index (χ0n) is 18.9. The quantitative estimate of drug-likeness (QED) is 0.531. The Balaban J connectivity index is 1.56. The van der Waals surface area contributed by atoms with Crippen LogP contribution in [0.1, 0.15) is 19.2 Å². The molecular weight excluding hydrogens is 446 g/mol. The lowest BCUT2D eigenvalue weighted by atomic mass is 10.3. The fraction of sp³-hybridized carbons (Fsp3) is 0.500. The molecule has 0 atom stereocenters. The van der Waals surface area contributed by atoms with Crippen LogP contribution in [-0.2, 0) is 9.53 Å². The number of benzene rings is 1. The van der Waals surface area contributed by atoms with Crippen LogP contribution in [0.15, 0.2) is 24.3 Å². The largest absolute Gasteiger partial charge is 0.378 e. The lowest BCUT2D eigenvalue weighted by Crippen LogP contribution is -2.48. The van der Waals surface area contributed by atoms with Gasteiger partial charge in [-0.05, 0) is 19.1 Å². The van der Waals surface area contributed by atoms with E-state index in [-0.39, 0.29) is 11.7 Å². The Hall–Kier alpha value is -3.25. The molecule has 1 aromatic carbocycles. The maximum Gasteiger partial charge on any atom is 0.296 e. The molecule has 0 saturated carbocycles. The van der Waals surface area contributed by atoms with Crippen molar-refractivity contribution in [1.82, 2.24) is 29.4 Å². The molecule has 180 valence electrons. The van der Waals surface area contributed by atoms with Gasteiger partial charge < -0.3 is 14.5 Å². The zero-order chi connectivity index (χ0) is 23.7. The number of aromatic nitrogens is 5. The van der Waals surface area contributed by atoms with Crippen molar-refractivity contribution in [3.05, 3.63) is 30.1 Å². The number of halogens is 2. The Bertz CT molecular complexity index is 1170. The number of carbonyl (C=O) groups is 1. The number of carbonyl (C=O) groups excluding carboxylic acids is 1. The maximum atomic E-state index is 14.0. The van der Waals surface area contributed by atoms with Crippen LogP contribution in [0.4, 0.5) is 20.7 Å². The van der Waals surface area contributed by atoms with Crippen LogP contribution in [0.3, 0.4) is 0 Å². The van der Waals surface area contributed by atoms with Gasteiger partial charge in [0.05, 0.1) is 30.8 Å². The molecule has 0 radical (unpaired) electrons. The Morgan fingerprint density at radius 2 is 1.53 bits per heavy atom. The molecule has 0 N–H and O–H groups in total. The molecule has 0 unspecified atom stereocenters. The molecule has 3 aromatic rings. The molecule has 34 heavy (non-hydrogen) atoms. The van der Waals surface area contributed by atoms with Gasteiger partial charge in [0.15, 0.2) is 5.82 Å². The molecule has 12 heteroatoms. The van der Waals surface area contributed by atoms with Gasteiger partial charge in [0, 0.05) is 39.3 Å². The highest BCUT2D eigenvalue weighted by Gasteiger charge is 2.27. The first kappa shape index (κ1) is 22.5. The number of para-hydroxylation sites is 2. The predicted octanol–water partition coefficient (Wildman–Crippen LogP) is 1.70. The Morgan fingerprint density at radius 3 is 2.18 bits per heavy atom. The highest BCUT2D eigenvalue weighted by Crippen LogP contribution is 2.28. The Kier molecular flexibility index (Phi) is 6.33. The van der Waals surface area contributed by atoms with Crippen LogP contribution >= 0.6 is 0 Å². The smallest absolute Gasteiger partial charge is 0.296 e. The van der Waals surface area contributed by atoms with Crippen LogP contribution in [0.5, 0.6) is 0 Å². The summed E-state index contributed by atoms with van der Waals surface area (Å²) in [6.45, 7) is 6.87. The van der Waals surface area contributed by atoms with E-state index in [9.17, 15) is 13.6 Å². The van der Waals surface area contributed by atoms with E-state index in [0.717, 1.165) is 0 Å². The molecule has 10 nitrogen and oxygen atoms in total. The minimum absolute atomic E-state index is 0.113. The molecule has 2 fully saturated rings. The summed E-state index contributed by atoms with van der Waals surface area (Å²) in [6.07, 6.45) is -2.80. The van der Waals surface area contributed by atoms with Crippen molar-refractivity contribution in [3.63, 3.8) is 0 Å². The zero-order valence-corrected chi connectivity index (χ0v) is 18.9. The van der Waals surface area contributed by atoms with Crippen molar-refractivity contribution >= 4 is 28.7 Å². The van der Waals surface area contributed by atoms with Gasteiger partial charge in [0.25, 0.3) is 6.43 Å². The Morgan fingerprint density at radius 1 is 0.912 bits per heavy atom. The van der Waals surface area contributed by atoms with E-state index in [1.807, 2.05) is 9.80 Å². The third-order valence-corrected chi connectivity index (χ3v) is 5.98. The SMILES string of the molecule is CC(=O)CN1CCN(c2nc(N3CCOCC3)nc(-n3c(C(F)F)nc4ccccc43)n2)CC1. The minimum Gasteiger partial charge on any atom is -0.378 e. The van der Waals surface area contributed by atoms with E-state index >= 15 is 0 Å². The number of alkyl halides is 2. The summed E-state index contributed by atoms with van der Waals surface area (Å²) in [5, 5.41) is 0. The van der Waals surface area contributed by atoms with Crippen molar-refractivity contribution in [2.75, 3.05) is 68.8 Å². The number of imidazole rings is 1. The van der Waals surface area contributed by atoms with Gasteiger partial charge in [-0.3, -0.25) is 14.3 Å². The topological polar surface area (TPSA) is 92.5 Å². The van der Waals surface area contributed by atoms with E-state index in [0.29, 0.717) is 82.0 Å². The van der Waals surface area contributed by atoms with Crippen LogP contribution in [0, 0.1) is 0 Å². The van der Waals surface area contributed by atoms with Gasteiger partial charge in [0.2, 0.25) is 17.8 Å². The molecule has 5 rings (SSSR count). The fourth-order valence-electron chi connectivity index (χ4n) is 4.31. The molecule has 2 aliphatic rings. The first-order valence-electron chi connectivity index (χ1n) is 11.3. The van der Waals surface area contributed by atoms with E-state index in [2.05, 4.69) is 19.9 Å². The van der Waals surface area contributed by atoms with Crippen molar-refractivity contribution in [3.8, 4) is 5.95 Å². The average molecular weight is 473 g/mol. The summed E-state index contributed by atoms with van der Waals surface area (Å²) >= 11 is 0. The number of anilines is 2. The number of ketones is 1. The highest BCUT2D eigenvalue weighted by atomic mass is 19.3. The molecule has 2 aromatic heterocycles. The number of piperazine rings is 1. The number of fused-ring (bicyclic) bond motifs is 1. The van der Waals surface area contributed by atoms with Crippen LogP contribution in [0.25, 0.3) is 17.0 Å². The van der Waals surface area contributed by atoms with Gasteiger partial charge in [-0.1, -0.05) is 12.1 Å². The van der Waals surface area contributed by atoms with Crippen molar-refractivity contribution in [2.24, 2.45) is 0 Å². The molecular formula is C22H26F2N8O2. The van der Waals surface area contributed by atoms with Gasteiger partial charge in [-0.25, -0.2) is 13.8 Å². The number of ether oxygens (including phenoxy) is 1. The van der Waals surface area contributed by atoms with Gasteiger partial charge >= 0.3 is 0 Å². The molecule has 0 aliphatic carbocycles. The first-order chi connectivity index (χ1) is 16.5. The Labute approximate surface area is 195 Å². The molecule has 0 spiro atoms. The predicted molar refractivity (Wildman–Crippen MR) is 122 cm³/mol. The number of morpholine rings is 1. The summed E-state index contributed by atoms with van der Waals surface area (Å²) in [5.41, 5.74) is 0.958. The summed E-state index contributed by atoms with van der Waals surface area (Å²) in [4.78, 5) is 35.6. The second-order valence-corrected chi connectivity index (χ2v) is 8.39. The molecule has 4 heterocycles. The van der Waals surface area contributed by atoms with E-state index < -0.39 is 12.2 Å². The van der Waals surface area contributed by atoms with E-state index in [4.69, 9.17) is 9.72 Å². The second-order valence-electron chi connectivity index (χ2n) is 8.39. The summed E-state index contributed by atoms with van der Waals surface area (Å²) in [6, 6.07) is 6.95. The summed E-state index contributed by atoms with van der Waals surface area (Å²) in [7, 11) is 0. The van der Waals surface area contributed by atoms with Gasteiger partial charge in [0.1, 0.15) is 5.78 Å². The third-order valence-electron chi connectivity index (χ3n) is 5.98. The van der Waals surface area contributed by atoms with Crippen molar-refractivity contribution in [1.29, 1.82) is 0 Å². The first-order valence-corrected chi connectivity index (χ1v) is 11.3. The van der Waals surface area contributed by atoms with Gasteiger partial charge in [-0.2, -0.15) is 15.0 Å². The highest BCUT2D eigenvalue weighted by molar-refractivity contribution is 5.78. The molecule has 0 bridgehead atoms. The van der Waals surface area contributed by atoms with Crippen LogP contribution in [-0.4, -0.2) is 94.2 Å². The van der Waals surface area contributed by atoms with Crippen LogP contribution in [0.2, 0.25) is 0 Å². The lowest BCUT2D eigenvalue weighted by Gasteiger charge is -2.35. The number of Topliss-reactive ketones (excluding diaryl/α,β-unsaturated/α-hetero) is 1. The molecule has 2 saturated heterocycles. The minimum atomic E-state index is -2.80. The number of hydrogen-bond donors (Lipinski definition) is 0. The standard InChI is InChI=1S/C22H26F2N8O2/c1-15(33)14-29-6-8-30(9-7-29)20-26-21(31-10-12-34-13-11-31)28-22(27-20)32-17-5-3-2-4-16(17)25-19(32)18(23)24/h2-5,18H,6-14H2,1H3. The van der Waals surface area contributed by atoms with Crippen molar-refractivity contribution < 1.29 is 18.3 Å². The summed E-state index contributed by atoms with van der Waals surface area (Å²) < 4.78 is 34.7.